The molecule has 30 heavy (non-hydrogen) atoms. The number of rotatable bonds is 9. The number of ether oxygens (including phenoxy) is 1. The summed E-state index contributed by atoms with van der Waals surface area (Å²) in [7, 11) is 0. The van der Waals surface area contributed by atoms with Crippen LogP contribution in [0.1, 0.15) is 42.6 Å². The van der Waals surface area contributed by atoms with Gasteiger partial charge in [-0.3, -0.25) is 4.79 Å². The van der Waals surface area contributed by atoms with Crippen LogP contribution in [-0.2, 0) is 4.74 Å². The molecule has 0 saturated carbocycles. The van der Waals surface area contributed by atoms with Gasteiger partial charge in [0.15, 0.2) is 0 Å². The average Bonchev–Trinajstić information content (AvgIpc) is 3.54. The standard InChI is InChI=1S/C24H28FNO3S/c1-4-29-16(3)18(11-19-13-26-19)14-30-24(28)21-12-17(8-9-23(21)27)20-7-5-6-15(2)10-22(20)25/h5,7-10,12,18-19,26-27H,3-4,6,11,13-14H2,1-2H3. The SMILES string of the molecule is C=C(OCC)C(CSC(=O)c1cc(C2=C(F)C=C(C)CC=C2)ccc1O)CC1CN1. The first-order valence-corrected chi connectivity index (χ1v) is 11.2. The number of halogens is 1. The normalized spacial score (nSPS) is 19.2. The molecule has 0 aromatic heterocycles. The number of carbonyl (C=O) groups excluding carboxylic acids is 1. The van der Waals surface area contributed by atoms with Gasteiger partial charge in [0.1, 0.15) is 11.6 Å². The predicted molar refractivity (Wildman–Crippen MR) is 121 cm³/mol. The van der Waals surface area contributed by atoms with Crippen LogP contribution in [0.4, 0.5) is 4.39 Å². The monoisotopic (exact) mass is 429 g/mol. The van der Waals surface area contributed by atoms with Gasteiger partial charge in [-0.2, -0.15) is 0 Å². The van der Waals surface area contributed by atoms with E-state index in [0.29, 0.717) is 41.7 Å². The molecule has 1 saturated heterocycles. The van der Waals surface area contributed by atoms with E-state index in [1.54, 1.807) is 18.2 Å². The van der Waals surface area contributed by atoms with E-state index >= 15 is 0 Å². The molecule has 0 radical (unpaired) electrons. The Morgan fingerprint density at radius 1 is 1.47 bits per heavy atom. The van der Waals surface area contributed by atoms with Gasteiger partial charge in [0, 0.05) is 29.8 Å². The van der Waals surface area contributed by atoms with Crippen LogP contribution in [0.25, 0.3) is 5.57 Å². The lowest BCUT2D eigenvalue weighted by molar-refractivity contribution is 0.108. The first-order chi connectivity index (χ1) is 14.4. The van der Waals surface area contributed by atoms with Crippen molar-refractivity contribution >= 4 is 22.5 Å². The second-order valence-electron chi connectivity index (χ2n) is 7.63. The van der Waals surface area contributed by atoms with Crippen LogP contribution in [0.15, 0.2) is 60.2 Å². The summed E-state index contributed by atoms with van der Waals surface area (Å²) in [6.45, 7) is 9.30. The van der Waals surface area contributed by atoms with Crippen molar-refractivity contribution in [3.8, 4) is 5.75 Å². The molecule has 1 fully saturated rings. The van der Waals surface area contributed by atoms with Crippen LogP contribution in [0.2, 0.25) is 0 Å². The molecule has 2 atom stereocenters. The molecule has 1 aromatic carbocycles. The first-order valence-electron chi connectivity index (χ1n) is 10.2. The zero-order chi connectivity index (χ0) is 21.7. The molecular weight excluding hydrogens is 401 g/mol. The van der Waals surface area contributed by atoms with Gasteiger partial charge in [-0.15, -0.1) is 0 Å². The maximum Gasteiger partial charge on any atom is 0.223 e. The van der Waals surface area contributed by atoms with E-state index in [0.717, 1.165) is 30.3 Å². The molecule has 0 spiro atoms. The van der Waals surface area contributed by atoms with Crippen molar-refractivity contribution in [3.63, 3.8) is 0 Å². The van der Waals surface area contributed by atoms with Crippen molar-refractivity contribution in [2.24, 2.45) is 5.92 Å². The van der Waals surface area contributed by atoms with Crippen molar-refractivity contribution < 1.29 is 19.0 Å². The zero-order valence-corrected chi connectivity index (χ0v) is 18.2. The number of thioether (sulfide) groups is 1. The summed E-state index contributed by atoms with van der Waals surface area (Å²) in [5.74, 6) is 0.789. The number of phenolic OH excluding ortho intramolecular Hbond substituents is 1. The summed E-state index contributed by atoms with van der Waals surface area (Å²) >= 11 is 1.13. The number of hydrogen-bond donors (Lipinski definition) is 2. The maximum absolute atomic E-state index is 14.6. The number of benzene rings is 1. The third-order valence-corrected chi connectivity index (χ3v) is 6.20. The van der Waals surface area contributed by atoms with Crippen LogP contribution in [0.5, 0.6) is 5.75 Å². The molecule has 1 heterocycles. The smallest absolute Gasteiger partial charge is 0.223 e. The fraction of sp³-hybridized carbons (Fsp3) is 0.375. The fourth-order valence-electron chi connectivity index (χ4n) is 3.34. The van der Waals surface area contributed by atoms with Crippen molar-refractivity contribution in [3.05, 3.63) is 71.3 Å². The minimum atomic E-state index is -0.344. The van der Waals surface area contributed by atoms with Crippen molar-refractivity contribution in [2.75, 3.05) is 18.9 Å². The summed E-state index contributed by atoms with van der Waals surface area (Å²) in [4.78, 5) is 12.9. The highest BCUT2D eigenvalue weighted by molar-refractivity contribution is 8.14. The number of nitrogens with one attached hydrogen (secondary N) is 1. The molecule has 4 nitrogen and oxygen atoms in total. The summed E-state index contributed by atoms with van der Waals surface area (Å²) in [5, 5.41) is 13.3. The molecule has 0 amide bonds. The van der Waals surface area contributed by atoms with Gasteiger partial charge in [-0.05, 0) is 50.5 Å². The van der Waals surface area contributed by atoms with E-state index in [2.05, 4.69) is 11.9 Å². The molecular formula is C24H28FNO3S. The summed E-state index contributed by atoms with van der Waals surface area (Å²) < 4.78 is 20.2. The first kappa shape index (κ1) is 22.4. The zero-order valence-electron chi connectivity index (χ0n) is 17.4. The Balaban J connectivity index is 1.76. The predicted octanol–water partition coefficient (Wildman–Crippen LogP) is 5.38. The Labute approximate surface area is 181 Å². The lowest BCUT2D eigenvalue weighted by Crippen LogP contribution is -2.15. The number of aromatic hydroxyl groups is 1. The third-order valence-electron chi connectivity index (χ3n) is 5.14. The number of hydrogen-bond acceptors (Lipinski definition) is 5. The molecule has 6 heteroatoms. The minimum absolute atomic E-state index is 0.0438. The van der Waals surface area contributed by atoms with Crippen molar-refractivity contribution in [2.45, 2.75) is 32.7 Å². The highest BCUT2D eigenvalue weighted by atomic mass is 32.2. The van der Waals surface area contributed by atoms with E-state index in [1.165, 1.54) is 12.1 Å². The van der Waals surface area contributed by atoms with E-state index < -0.39 is 0 Å². The van der Waals surface area contributed by atoms with E-state index in [-0.39, 0.29) is 28.2 Å². The Bertz CT molecular complexity index is 915. The summed E-state index contributed by atoms with van der Waals surface area (Å²) in [6, 6.07) is 5.08. The lowest BCUT2D eigenvalue weighted by Gasteiger charge is -2.18. The number of allylic oxidation sites excluding steroid dienone is 7. The van der Waals surface area contributed by atoms with E-state index in [1.807, 2.05) is 19.9 Å². The van der Waals surface area contributed by atoms with Gasteiger partial charge in [0.25, 0.3) is 0 Å². The van der Waals surface area contributed by atoms with E-state index in [4.69, 9.17) is 4.74 Å². The maximum atomic E-state index is 14.6. The molecule has 1 aromatic rings. The molecule has 160 valence electrons. The largest absolute Gasteiger partial charge is 0.507 e. The average molecular weight is 430 g/mol. The molecule has 0 bridgehead atoms. The van der Waals surface area contributed by atoms with Crippen LogP contribution in [0, 0.1) is 5.92 Å². The van der Waals surface area contributed by atoms with E-state index in [9.17, 15) is 14.3 Å². The Morgan fingerprint density at radius 3 is 2.93 bits per heavy atom. The van der Waals surface area contributed by atoms with Gasteiger partial charge in [-0.1, -0.05) is 42.1 Å². The Morgan fingerprint density at radius 2 is 2.23 bits per heavy atom. The Hall–Kier alpha value is -2.31. The van der Waals surface area contributed by atoms with Crippen LogP contribution >= 0.6 is 11.8 Å². The van der Waals surface area contributed by atoms with Crippen LogP contribution in [0.3, 0.4) is 0 Å². The summed E-state index contributed by atoms with van der Waals surface area (Å²) in [5.41, 5.74) is 2.08. The van der Waals surface area contributed by atoms with Crippen molar-refractivity contribution in [1.29, 1.82) is 0 Å². The second-order valence-corrected chi connectivity index (χ2v) is 8.62. The molecule has 2 aliphatic rings. The topological polar surface area (TPSA) is 68.5 Å². The minimum Gasteiger partial charge on any atom is -0.507 e. The van der Waals surface area contributed by atoms with Gasteiger partial charge in [0.05, 0.1) is 17.9 Å². The highest BCUT2D eigenvalue weighted by Gasteiger charge is 2.28. The molecule has 2 N–H and O–H groups in total. The second kappa shape index (κ2) is 10.1. The molecule has 2 unspecified atom stereocenters. The Kier molecular flexibility index (Phi) is 7.56. The van der Waals surface area contributed by atoms with Crippen molar-refractivity contribution in [1.82, 2.24) is 5.32 Å². The molecule has 1 aliphatic carbocycles. The van der Waals surface area contributed by atoms with Gasteiger partial charge in [-0.25, -0.2) is 4.39 Å². The molecule has 3 rings (SSSR count). The fourth-order valence-corrected chi connectivity index (χ4v) is 4.33. The van der Waals surface area contributed by atoms with Gasteiger partial charge in [0.2, 0.25) is 5.12 Å². The van der Waals surface area contributed by atoms with Gasteiger partial charge >= 0.3 is 0 Å². The van der Waals surface area contributed by atoms with Gasteiger partial charge < -0.3 is 15.2 Å². The number of carbonyl (C=O) groups is 1. The summed E-state index contributed by atoms with van der Waals surface area (Å²) in [6.07, 6.45) is 6.67. The lowest BCUT2D eigenvalue weighted by atomic mass is 10.0. The quantitative estimate of drug-likeness (QED) is 0.407. The highest BCUT2D eigenvalue weighted by Crippen LogP contribution is 2.33. The third kappa shape index (κ3) is 5.86. The number of phenols is 1. The molecule has 1 aliphatic heterocycles. The van der Waals surface area contributed by atoms with Crippen LogP contribution < -0.4 is 5.32 Å². The van der Waals surface area contributed by atoms with Crippen LogP contribution in [-0.4, -0.2) is 35.2 Å².